The van der Waals surface area contributed by atoms with Crippen LogP contribution < -0.4 is 14.9 Å². The predicted octanol–water partition coefficient (Wildman–Crippen LogP) is 0.564. The van der Waals surface area contributed by atoms with Gasteiger partial charge in [0.15, 0.2) is 37.5 Å². The largest absolute Gasteiger partial charge is 0.411 e. The van der Waals surface area contributed by atoms with Crippen molar-refractivity contribution in [3.05, 3.63) is 72.1 Å². The Kier molecular flexibility index (Phi) is 5.51. The SMILES string of the molecule is NC(=O)c1cc[n+](C/C=C/C[n+]2ccc(/C=N/O)c(F)c2)cc1. The van der Waals surface area contributed by atoms with E-state index in [4.69, 9.17) is 10.9 Å². The number of rotatable bonds is 6. The van der Waals surface area contributed by atoms with Crippen LogP contribution in [0.3, 0.4) is 0 Å². The molecular weight excluding hydrogens is 299 g/mol. The third kappa shape index (κ3) is 4.70. The van der Waals surface area contributed by atoms with Crippen molar-refractivity contribution >= 4 is 12.1 Å². The molecule has 2 aromatic rings. The molecule has 2 heterocycles. The second-order valence-corrected chi connectivity index (χ2v) is 4.81. The number of allylic oxidation sites excluding steroid dienone is 2. The first-order valence-corrected chi connectivity index (χ1v) is 6.90. The number of nitrogens with two attached hydrogens (primary N) is 1. The molecule has 0 aromatic carbocycles. The molecule has 0 radical (unpaired) electrons. The lowest BCUT2D eigenvalue weighted by Gasteiger charge is -1.96. The number of carbonyl (C=O) groups is 1. The van der Waals surface area contributed by atoms with E-state index in [1.54, 1.807) is 35.3 Å². The molecule has 2 aromatic heterocycles. The number of pyridine rings is 2. The van der Waals surface area contributed by atoms with E-state index in [-0.39, 0.29) is 5.56 Å². The molecule has 0 spiro atoms. The van der Waals surface area contributed by atoms with Gasteiger partial charge in [0, 0.05) is 23.8 Å². The average molecular weight is 316 g/mol. The van der Waals surface area contributed by atoms with Crippen molar-refractivity contribution in [2.45, 2.75) is 13.1 Å². The Bertz CT molecular complexity index is 742. The van der Waals surface area contributed by atoms with Crippen LogP contribution in [0.25, 0.3) is 0 Å². The zero-order valence-electron chi connectivity index (χ0n) is 12.3. The molecule has 0 bridgehead atoms. The third-order valence-corrected chi connectivity index (χ3v) is 3.17. The lowest BCUT2D eigenvalue weighted by Crippen LogP contribution is -2.34. The summed E-state index contributed by atoms with van der Waals surface area (Å²) < 4.78 is 17.2. The van der Waals surface area contributed by atoms with Gasteiger partial charge in [-0.25, -0.2) is 4.57 Å². The van der Waals surface area contributed by atoms with E-state index in [2.05, 4.69) is 5.16 Å². The van der Waals surface area contributed by atoms with E-state index >= 15 is 0 Å². The highest BCUT2D eigenvalue weighted by Crippen LogP contribution is 1.99. The zero-order valence-corrected chi connectivity index (χ0v) is 12.3. The number of nitrogens with zero attached hydrogens (tertiary/aromatic N) is 3. The summed E-state index contributed by atoms with van der Waals surface area (Å²) in [6.07, 6.45) is 11.4. The van der Waals surface area contributed by atoms with Crippen LogP contribution in [0.1, 0.15) is 15.9 Å². The molecule has 3 N–H and O–H groups in total. The number of primary amides is 1. The van der Waals surface area contributed by atoms with Crippen molar-refractivity contribution in [3.63, 3.8) is 0 Å². The standard InChI is InChI=1S/C16H15FN4O2/c17-15-12-21(10-5-14(15)11-19-23)7-2-1-6-20-8-3-13(4-9-20)16(18)22/h1-5,8-12H,6-7H2,(H-,18,22)/p+2/b2-1+. The highest BCUT2D eigenvalue weighted by molar-refractivity contribution is 5.92. The topological polar surface area (TPSA) is 83.4 Å². The zero-order chi connectivity index (χ0) is 16.7. The van der Waals surface area contributed by atoms with Gasteiger partial charge in [-0.05, 0) is 12.2 Å². The maximum Gasteiger partial charge on any atom is 0.249 e. The minimum atomic E-state index is -0.463. The van der Waals surface area contributed by atoms with Crippen LogP contribution in [-0.2, 0) is 13.1 Å². The average Bonchev–Trinajstić information content (AvgIpc) is 2.54. The van der Waals surface area contributed by atoms with Gasteiger partial charge in [-0.2, -0.15) is 8.96 Å². The third-order valence-electron chi connectivity index (χ3n) is 3.17. The maximum atomic E-state index is 13.6. The molecule has 0 atom stereocenters. The van der Waals surface area contributed by atoms with E-state index in [0.29, 0.717) is 18.7 Å². The second kappa shape index (κ2) is 7.79. The first-order valence-electron chi connectivity index (χ1n) is 6.90. The number of hydrogen-bond donors (Lipinski definition) is 2. The molecule has 118 valence electrons. The van der Waals surface area contributed by atoms with Crippen molar-refractivity contribution in [2.24, 2.45) is 10.9 Å². The number of carbonyl (C=O) groups excluding carboxylic acids is 1. The molecule has 0 saturated carbocycles. The Labute approximate surface area is 132 Å². The van der Waals surface area contributed by atoms with Crippen LogP contribution in [-0.4, -0.2) is 17.3 Å². The number of amides is 1. The predicted molar refractivity (Wildman–Crippen MR) is 80.3 cm³/mol. The van der Waals surface area contributed by atoms with Crippen LogP contribution in [0.15, 0.2) is 60.3 Å². The highest BCUT2D eigenvalue weighted by atomic mass is 19.1. The lowest BCUT2D eigenvalue weighted by molar-refractivity contribution is -0.691. The molecular formula is C16H17FN4O2+2. The Morgan fingerprint density at radius 1 is 1.17 bits per heavy atom. The van der Waals surface area contributed by atoms with Gasteiger partial charge < -0.3 is 10.9 Å². The molecule has 0 aliphatic carbocycles. The monoisotopic (exact) mass is 316 g/mol. The molecule has 7 heteroatoms. The molecule has 6 nitrogen and oxygen atoms in total. The number of hydrogen-bond acceptors (Lipinski definition) is 3. The van der Waals surface area contributed by atoms with Crippen LogP contribution >= 0.6 is 0 Å². The summed E-state index contributed by atoms with van der Waals surface area (Å²) in [6.45, 7) is 1.13. The fourth-order valence-electron chi connectivity index (χ4n) is 1.94. The van der Waals surface area contributed by atoms with Crippen LogP contribution in [0, 0.1) is 5.82 Å². The van der Waals surface area contributed by atoms with Gasteiger partial charge in [0.25, 0.3) is 0 Å². The first-order chi connectivity index (χ1) is 11.1. The Balaban J connectivity index is 1.91. The number of halogens is 1. The number of oxime groups is 1. The Morgan fingerprint density at radius 3 is 2.35 bits per heavy atom. The second-order valence-electron chi connectivity index (χ2n) is 4.81. The molecule has 23 heavy (non-hydrogen) atoms. The minimum absolute atomic E-state index is 0.220. The number of aromatic nitrogens is 2. The van der Waals surface area contributed by atoms with Gasteiger partial charge in [0.05, 0.1) is 11.8 Å². The van der Waals surface area contributed by atoms with Crippen LogP contribution in [0.4, 0.5) is 4.39 Å². The van der Waals surface area contributed by atoms with Crippen molar-refractivity contribution in [2.75, 3.05) is 0 Å². The summed E-state index contributed by atoms with van der Waals surface area (Å²) in [6, 6.07) is 4.84. The van der Waals surface area contributed by atoms with Gasteiger partial charge in [-0.3, -0.25) is 4.79 Å². The van der Waals surface area contributed by atoms with Gasteiger partial charge >= 0.3 is 0 Å². The van der Waals surface area contributed by atoms with Crippen LogP contribution in [0.2, 0.25) is 0 Å². The summed E-state index contributed by atoms with van der Waals surface area (Å²) in [5.41, 5.74) is 5.86. The van der Waals surface area contributed by atoms with Crippen LogP contribution in [0.5, 0.6) is 0 Å². The van der Waals surface area contributed by atoms with E-state index in [1.165, 1.54) is 12.3 Å². The quantitative estimate of drug-likeness (QED) is 0.268. The summed E-state index contributed by atoms with van der Waals surface area (Å²) in [5.74, 6) is -0.920. The summed E-state index contributed by atoms with van der Waals surface area (Å²) >= 11 is 0. The van der Waals surface area contributed by atoms with Crippen molar-refractivity contribution < 1.29 is 23.5 Å². The normalized spacial score (nSPS) is 11.3. The van der Waals surface area contributed by atoms with Gasteiger partial charge in [0.1, 0.15) is 0 Å². The smallest absolute Gasteiger partial charge is 0.249 e. The van der Waals surface area contributed by atoms with E-state index in [9.17, 15) is 9.18 Å². The molecule has 1 amide bonds. The summed E-state index contributed by atoms with van der Waals surface area (Å²) in [4.78, 5) is 11.0. The van der Waals surface area contributed by atoms with E-state index in [1.807, 2.05) is 16.7 Å². The Morgan fingerprint density at radius 2 is 1.78 bits per heavy atom. The van der Waals surface area contributed by atoms with Gasteiger partial charge in [0.2, 0.25) is 12.1 Å². The molecule has 2 rings (SSSR count). The summed E-state index contributed by atoms with van der Waals surface area (Å²) in [5, 5.41) is 11.2. The van der Waals surface area contributed by atoms with E-state index < -0.39 is 11.7 Å². The fraction of sp³-hybridized carbons (Fsp3) is 0.125. The van der Waals surface area contributed by atoms with Gasteiger partial charge in [-0.15, -0.1) is 0 Å². The molecule has 0 fully saturated rings. The highest BCUT2D eigenvalue weighted by Gasteiger charge is 2.06. The molecule has 0 aliphatic heterocycles. The lowest BCUT2D eigenvalue weighted by atomic mass is 10.2. The Hall–Kier alpha value is -3.09. The first kappa shape index (κ1) is 16.3. The maximum absolute atomic E-state index is 13.6. The van der Waals surface area contributed by atoms with Crippen molar-refractivity contribution in [3.8, 4) is 0 Å². The fourth-order valence-corrected chi connectivity index (χ4v) is 1.94. The molecule has 0 aliphatic rings. The van der Waals surface area contributed by atoms with Crippen molar-refractivity contribution in [1.82, 2.24) is 0 Å². The summed E-state index contributed by atoms with van der Waals surface area (Å²) in [7, 11) is 0. The van der Waals surface area contributed by atoms with E-state index in [0.717, 1.165) is 6.21 Å². The minimum Gasteiger partial charge on any atom is -0.411 e. The van der Waals surface area contributed by atoms with Crippen molar-refractivity contribution in [1.29, 1.82) is 0 Å². The molecule has 0 unspecified atom stereocenters. The van der Waals surface area contributed by atoms with Gasteiger partial charge in [-0.1, -0.05) is 5.16 Å². The molecule has 0 saturated heterocycles.